The van der Waals surface area contributed by atoms with Crippen LogP contribution in [-0.4, -0.2) is 47.6 Å². The predicted octanol–water partition coefficient (Wildman–Crippen LogP) is 3.64. The van der Waals surface area contributed by atoms with E-state index in [1.165, 1.54) is 37.5 Å². The summed E-state index contributed by atoms with van der Waals surface area (Å²) < 4.78 is 21.2. The monoisotopic (exact) mass is 487 g/mol. The number of hydrogen-bond donors (Lipinski definition) is 1. The number of imide groups is 1. The van der Waals surface area contributed by atoms with Crippen LogP contribution in [0.2, 0.25) is 0 Å². The van der Waals surface area contributed by atoms with Gasteiger partial charge in [-0.25, -0.2) is 9.59 Å². The number of hydrogen-bond acceptors (Lipinski definition) is 9. The van der Waals surface area contributed by atoms with Crippen LogP contribution in [0.5, 0.6) is 11.5 Å². The Labute approximate surface area is 200 Å². The van der Waals surface area contributed by atoms with Gasteiger partial charge in [-0.15, -0.1) is 0 Å². The van der Waals surface area contributed by atoms with Crippen molar-refractivity contribution in [1.82, 2.24) is 10.2 Å². The summed E-state index contributed by atoms with van der Waals surface area (Å²) in [5.74, 6) is -1.10. The van der Waals surface area contributed by atoms with E-state index in [0.717, 1.165) is 4.90 Å². The van der Waals surface area contributed by atoms with Gasteiger partial charge in [-0.2, -0.15) is 0 Å². The SMILES string of the molecule is CCOc1cc(C=C2NC(=O)N(Cc3ccc(C(=O)OC)o3)C2=O)cc([N+](=O)[O-])c1OC(C)CC. The number of carbonyl (C=O) groups excluding carboxylic acids is 3. The topological polar surface area (TPSA) is 150 Å². The molecule has 1 aromatic heterocycles. The van der Waals surface area contributed by atoms with Crippen LogP contribution in [0, 0.1) is 10.1 Å². The zero-order valence-corrected chi connectivity index (χ0v) is 19.7. The molecule has 1 fully saturated rings. The van der Waals surface area contributed by atoms with Crippen molar-refractivity contribution in [1.29, 1.82) is 0 Å². The van der Waals surface area contributed by atoms with Crippen molar-refractivity contribution in [2.45, 2.75) is 39.8 Å². The van der Waals surface area contributed by atoms with E-state index < -0.39 is 22.8 Å². The third-order valence-corrected chi connectivity index (χ3v) is 5.08. The molecule has 186 valence electrons. The average Bonchev–Trinajstić information content (AvgIpc) is 3.40. The Morgan fingerprint density at radius 3 is 2.66 bits per heavy atom. The molecule has 0 spiro atoms. The summed E-state index contributed by atoms with van der Waals surface area (Å²) in [6, 6.07) is 4.84. The van der Waals surface area contributed by atoms with E-state index >= 15 is 0 Å². The molecule has 1 aliphatic rings. The van der Waals surface area contributed by atoms with Crippen molar-refractivity contribution in [3.8, 4) is 11.5 Å². The number of nitro groups is 1. The maximum atomic E-state index is 12.9. The number of nitrogens with one attached hydrogen (secondary N) is 1. The molecule has 1 aliphatic heterocycles. The van der Waals surface area contributed by atoms with E-state index in [4.69, 9.17) is 13.9 Å². The van der Waals surface area contributed by atoms with Crippen LogP contribution in [0.3, 0.4) is 0 Å². The average molecular weight is 487 g/mol. The van der Waals surface area contributed by atoms with Crippen LogP contribution >= 0.6 is 0 Å². The van der Waals surface area contributed by atoms with E-state index in [0.29, 0.717) is 6.42 Å². The van der Waals surface area contributed by atoms with E-state index in [2.05, 4.69) is 10.1 Å². The molecule has 12 heteroatoms. The lowest BCUT2D eigenvalue weighted by Crippen LogP contribution is -2.30. The van der Waals surface area contributed by atoms with Crippen molar-refractivity contribution >= 4 is 29.7 Å². The highest BCUT2D eigenvalue weighted by Crippen LogP contribution is 2.40. The van der Waals surface area contributed by atoms with Crippen LogP contribution in [0.25, 0.3) is 6.08 Å². The molecule has 12 nitrogen and oxygen atoms in total. The van der Waals surface area contributed by atoms with Crippen molar-refractivity contribution in [3.05, 3.63) is 57.2 Å². The zero-order chi connectivity index (χ0) is 25.7. The van der Waals surface area contributed by atoms with Gasteiger partial charge < -0.3 is 23.9 Å². The van der Waals surface area contributed by atoms with Gasteiger partial charge in [0.15, 0.2) is 5.75 Å². The Morgan fingerprint density at radius 1 is 1.29 bits per heavy atom. The van der Waals surface area contributed by atoms with Crippen molar-refractivity contribution in [2.75, 3.05) is 13.7 Å². The van der Waals surface area contributed by atoms with E-state index in [-0.39, 0.29) is 59.2 Å². The smallest absolute Gasteiger partial charge is 0.373 e. The molecule has 3 amide bonds. The van der Waals surface area contributed by atoms with E-state index in [9.17, 15) is 24.5 Å². The van der Waals surface area contributed by atoms with Crippen LogP contribution in [0.1, 0.15) is 49.1 Å². The number of urea groups is 1. The number of nitro benzene ring substituents is 1. The molecule has 2 aromatic rings. The number of rotatable bonds is 10. The molecule has 1 saturated heterocycles. The van der Waals surface area contributed by atoms with Gasteiger partial charge in [-0.3, -0.25) is 19.8 Å². The number of ether oxygens (including phenoxy) is 3. The minimum atomic E-state index is -0.714. The van der Waals surface area contributed by atoms with E-state index in [1.807, 2.05) is 6.92 Å². The molecule has 35 heavy (non-hydrogen) atoms. The van der Waals surface area contributed by atoms with Crippen molar-refractivity contribution in [2.24, 2.45) is 0 Å². The first-order valence-electron chi connectivity index (χ1n) is 10.8. The third-order valence-electron chi connectivity index (χ3n) is 5.08. The second-order valence-electron chi connectivity index (χ2n) is 7.53. The summed E-state index contributed by atoms with van der Waals surface area (Å²) in [6.45, 7) is 5.39. The highest BCUT2D eigenvalue weighted by Gasteiger charge is 2.35. The van der Waals surface area contributed by atoms with Gasteiger partial charge in [-0.05, 0) is 50.1 Å². The van der Waals surface area contributed by atoms with Crippen LogP contribution in [0.15, 0.2) is 34.4 Å². The van der Waals surface area contributed by atoms with Gasteiger partial charge in [0.05, 0.1) is 31.3 Å². The Morgan fingerprint density at radius 2 is 2.03 bits per heavy atom. The Kier molecular flexibility index (Phi) is 7.74. The van der Waals surface area contributed by atoms with Gasteiger partial charge in [0.1, 0.15) is 11.5 Å². The first-order chi connectivity index (χ1) is 16.7. The van der Waals surface area contributed by atoms with Gasteiger partial charge in [0.2, 0.25) is 11.5 Å². The van der Waals surface area contributed by atoms with Gasteiger partial charge in [-0.1, -0.05) is 6.92 Å². The fraction of sp³-hybridized carbons (Fsp3) is 0.348. The lowest BCUT2D eigenvalue weighted by Gasteiger charge is -2.17. The number of nitrogens with zero attached hydrogens (tertiary/aromatic N) is 2. The fourth-order valence-corrected chi connectivity index (χ4v) is 3.20. The maximum absolute atomic E-state index is 12.9. The predicted molar refractivity (Wildman–Crippen MR) is 122 cm³/mol. The number of methoxy groups -OCH3 is 1. The molecule has 0 saturated carbocycles. The van der Waals surface area contributed by atoms with Gasteiger partial charge in [0, 0.05) is 6.07 Å². The Bertz CT molecular complexity index is 1180. The number of esters is 1. The lowest BCUT2D eigenvalue weighted by atomic mass is 10.1. The maximum Gasteiger partial charge on any atom is 0.373 e. The molecular formula is C23H25N3O9. The second-order valence-corrected chi connectivity index (χ2v) is 7.53. The summed E-state index contributed by atoms with van der Waals surface area (Å²) >= 11 is 0. The van der Waals surface area contributed by atoms with Crippen LogP contribution in [-0.2, 0) is 16.1 Å². The third kappa shape index (κ3) is 5.60. The standard InChI is InChI=1S/C23H25N3O9/c1-5-13(3)34-20-17(26(30)31)10-14(11-19(20)33-6-2)9-16-21(27)25(23(29)24-16)12-15-7-8-18(35-15)22(28)32-4/h7-11,13H,5-6,12H2,1-4H3,(H,24,29). The first kappa shape index (κ1) is 25.3. The molecule has 0 radical (unpaired) electrons. The molecule has 1 unspecified atom stereocenters. The molecule has 1 atom stereocenters. The molecule has 1 aromatic carbocycles. The summed E-state index contributed by atoms with van der Waals surface area (Å²) in [4.78, 5) is 48.8. The number of furan rings is 1. The Hall–Kier alpha value is -4.35. The van der Waals surface area contributed by atoms with Crippen molar-refractivity contribution < 1.29 is 37.9 Å². The quantitative estimate of drug-likeness (QED) is 0.174. The molecule has 0 bridgehead atoms. The summed E-state index contributed by atoms with van der Waals surface area (Å²) in [6.07, 6.45) is 1.65. The fourth-order valence-electron chi connectivity index (χ4n) is 3.20. The van der Waals surface area contributed by atoms with Gasteiger partial charge >= 0.3 is 17.7 Å². The van der Waals surface area contributed by atoms with E-state index in [1.54, 1.807) is 13.8 Å². The van der Waals surface area contributed by atoms with Crippen LogP contribution in [0.4, 0.5) is 10.5 Å². The lowest BCUT2D eigenvalue weighted by molar-refractivity contribution is -0.386. The number of carbonyl (C=O) groups is 3. The highest BCUT2D eigenvalue weighted by molar-refractivity contribution is 6.13. The van der Waals surface area contributed by atoms with Crippen LogP contribution < -0.4 is 14.8 Å². The molecule has 0 aliphatic carbocycles. The zero-order valence-electron chi connectivity index (χ0n) is 19.7. The molecule has 1 N–H and O–H groups in total. The Balaban J connectivity index is 1.91. The summed E-state index contributed by atoms with van der Waals surface area (Å²) in [5.41, 5.74) is -0.169. The molecular weight excluding hydrogens is 462 g/mol. The normalized spacial score (nSPS) is 15.2. The molecule has 3 rings (SSSR count). The summed E-state index contributed by atoms with van der Waals surface area (Å²) in [5, 5.41) is 14.2. The van der Waals surface area contributed by atoms with Gasteiger partial charge in [0.25, 0.3) is 5.91 Å². The minimum absolute atomic E-state index is 0.00371. The largest absolute Gasteiger partial charge is 0.490 e. The first-order valence-corrected chi connectivity index (χ1v) is 10.8. The second kappa shape index (κ2) is 10.7. The van der Waals surface area contributed by atoms with Crippen molar-refractivity contribution in [3.63, 3.8) is 0 Å². The number of amides is 3. The highest BCUT2D eigenvalue weighted by atomic mass is 16.6. The summed E-state index contributed by atoms with van der Waals surface area (Å²) in [7, 11) is 1.20. The number of benzene rings is 1. The molecule has 2 heterocycles. The minimum Gasteiger partial charge on any atom is -0.490 e.